The Morgan fingerprint density at radius 3 is 2.78 bits per heavy atom. The first-order valence-corrected chi connectivity index (χ1v) is 6.23. The van der Waals surface area contributed by atoms with E-state index in [1.807, 2.05) is 37.3 Å². The monoisotopic (exact) mass is 246 g/mol. The van der Waals surface area contributed by atoms with Gasteiger partial charge >= 0.3 is 0 Å². The van der Waals surface area contributed by atoms with Crippen LogP contribution in [0.3, 0.4) is 0 Å². The van der Waals surface area contributed by atoms with Crippen molar-refractivity contribution in [1.82, 2.24) is 10.6 Å². The Morgan fingerprint density at radius 2 is 2.17 bits per heavy atom. The highest BCUT2D eigenvalue weighted by atomic mass is 16.2. The quantitative estimate of drug-likeness (QED) is 0.604. The normalized spacial score (nSPS) is 27.7. The fourth-order valence-corrected chi connectivity index (χ4v) is 2.77. The third kappa shape index (κ3) is 2.09. The van der Waals surface area contributed by atoms with Crippen LogP contribution in [0, 0.1) is 0 Å². The number of carbonyl (C=O) groups is 2. The molecule has 96 valence electrons. The van der Waals surface area contributed by atoms with Crippen molar-refractivity contribution in [3.63, 3.8) is 0 Å². The second-order valence-corrected chi connectivity index (χ2v) is 4.64. The van der Waals surface area contributed by atoms with Crippen molar-refractivity contribution in [2.75, 3.05) is 13.2 Å². The van der Waals surface area contributed by atoms with Crippen LogP contribution in [-0.4, -0.2) is 31.3 Å². The Labute approximate surface area is 107 Å². The first-order chi connectivity index (χ1) is 8.74. The van der Waals surface area contributed by atoms with E-state index in [1.54, 1.807) is 0 Å². The maximum absolute atomic E-state index is 11.9. The minimum atomic E-state index is -0.441. The van der Waals surface area contributed by atoms with Crippen molar-refractivity contribution in [2.45, 2.75) is 24.8 Å². The van der Waals surface area contributed by atoms with Gasteiger partial charge in [0.05, 0.1) is 6.04 Å². The number of ketones is 1. The molecule has 2 rings (SSSR count). The molecule has 1 heterocycles. The van der Waals surface area contributed by atoms with Gasteiger partial charge in [0.25, 0.3) is 0 Å². The molecule has 0 amide bonds. The Kier molecular flexibility index (Phi) is 3.89. The average molecular weight is 246 g/mol. The molecule has 4 heteroatoms. The number of rotatable bonds is 4. The van der Waals surface area contributed by atoms with Gasteiger partial charge in [-0.2, -0.15) is 0 Å². The van der Waals surface area contributed by atoms with Gasteiger partial charge in [-0.05, 0) is 12.0 Å². The summed E-state index contributed by atoms with van der Waals surface area (Å²) in [5.41, 5.74) is 0.740. The van der Waals surface area contributed by atoms with Crippen LogP contribution in [0.2, 0.25) is 0 Å². The summed E-state index contributed by atoms with van der Waals surface area (Å²) in [5.74, 6) is -0.373. The predicted octanol–water partition coefficient (Wildman–Crippen LogP) is 0.621. The minimum Gasteiger partial charge on any atom is -0.304 e. The second kappa shape index (κ2) is 5.42. The SMILES string of the molecule is CCC1(c2ccccc2)CNCNC1C(=O)C=O. The molecule has 2 atom stereocenters. The lowest BCUT2D eigenvalue weighted by Crippen LogP contribution is -2.64. The summed E-state index contributed by atoms with van der Waals surface area (Å²) in [4.78, 5) is 22.7. The molecular weight excluding hydrogens is 228 g/mol. The highest BCUT2D eigenvalue weighted by Gasteiger charge is 2.44. The molecule has 1 aliphatic heterocycles. The third-order valence-corrected chi connectivity index (χ3v) is 3.80. The summed E-state index contributed by atoms with van der Waals surface area (Å²) in [7, 11) is 0. The fourth-order valence-electron chi connectivity index (χ4n) is 2.77. The zero-order valence-corrected chi connectivity index (χ0v) is 10.5. The van der Waals surface area contributed by atoms with Crippen LogP contribution in [-0.2, 0) is 15.0 Å². The lowest BCUT2D eigenvalue weighted by molar-refractivity contribution is -0.133. The lowest BCUT2D eigenvalue weighted by atomic mass is 9.70. The minimum absolute atomic E-state index is 0.350. The van der Waals surface area contributed by atoms with Crippen LogP contribution < -0.4 is 10.6 Å². The van der Waals surface area contributed by atoms with Gasteiger partial charge in [0, 0.05) is 18.6 Å². The first kappa shape index (κ1) is 12.9. The van der Waals surface area contributed by atoms with Gasteiger partial charge in [-0.3, -0.25) is 14.9 Å². The summed E-state index contributed by atoms with van der Waals surface area (Å²) in [6.45, 7) is 3.30. The van der Waals surface area contributed by atoms with E-state index in [9.17, 15) is 9.59 Å². The number of nitrogens with one attached hydrogen (secondary N) is 2. The Hall–Kier alpha value is -1.52. The second-order valence-electron chi connectivity index (χ2n) is 4.64. The highest BCUT2D eigenvalue weighted by molar-refractivity contribution is 6.28. The van der Waals surface area contributed by atoms with Gasteiger partial charge in [-0.25, -0.2) is 0 Å². The molecule has 0 radical (unpaired) electrons. The summed E-state index contributed by atoms with van der Waals surface area (Å²) < 4.78 is 0. The molecule has 4 nitrogen and oxygen atoms in total. The Morgan fingerprint density at radius 1 is 1.44 bits per heavy atom. The molecule has 0 saturated carbocycles. The molecule has 0 aliphatic carbocycles. The molecule has 1 aromatic rings. The van der Waals surface area contributed by atoms with Gasteiger partial charge in [-0.15, -0.1) is 0 Å². The molecular formula is C14H18N2O2. The zero-order valence-electron chi connectivity index (χ0n) is 10.5. The van der Waals surface area contributed by atoms with E-state index in [1.165, 1.54) is 0 Å². The van der Waals surface area contributed by atoms with E-state index >= 15 is 0 Å². The molecule has 1 saturated heterocycles. The molecule has 0 aromatic heterocycles. The average Bonchev–Trinajstić information content (AvgIpc) is 2.47. The van der Waals surface area contributed by atoms with Gasteiger partial charge in [-0.1, -0.05) is 37.3 Å². The van der Waals surface area contributed by atoms with Gasteiger partial charge in [0.15, 0.2) is 6.29 Å². The zero-order chi connectivity index (χ0) is 13.0. The molecule has 1 aliphatic rings. The van der Waals surface area contributed by atoms with E-state index in [2.05, 4.69) is 10.6 Å². The predicted molar refractivity (Wildman–Crippen MR) is 69.3 cm³/mol. The first-order valence-electron chi connectivity index (χ1n) is 6.23. The topological polar surface area (TPSA) is 58.2 Å². The molecule has 2 unspecified atom stereocenters. The smallest absolute Gasteiger partial charge is 0.213 e. The maximum Gasteiger partial charge on any atom is 0.213 e. The lowest BCUT2D eigenvalue weighted by Gasteiger charge is -2.43. The summed E-state index contributed by atoms with van der Waals surface area (Å²) in [6, 6.07) is 9.47. The van der Waals surface area contributed by atoms with Crippen LogP contribution in [0.5, 0.6) is 0 Å². The summed E-state index contributed by atoms with van der Waals surface area (Å²) in [6.07, 6.45) is 1.22. The van der Waals surface area contributed by atoms with Crippen LogP contribution in [0.4, 0.5) is 0 Å². The van der Waals surface area contributed by atoms with E-state index in [-0.39, 0.29) is 11.2 Å². The number of benzene rings is 1. The molecule has 1 aromatic carbocycles. The van der Waals surface area contributed by atoms with Gasteiger partial charge < -0.3 is 5.32 Å². The van der Waals surface area contributed by atoms with Crippen molar-refractivity contribution < 1.29 is 9.59 Å². The molecule has 18 heavy (non-hydrogen) atoms. The number of aldehydes is 1. The summed E-state index contributed by atoms with van der Waals surface area (Å²) in [5, 5.41) is 6.37. The van der Waals surface area contributed by atoms with E-state index in [4.69, 9.17) is 0 Å². The van der Waals surface area contributed by atoms with E-state index in [0.29, 0.717) is 19.5 Å². The maximum atomic E-state index is 11.9. The van der Waals surface area contributed by atoms with Gasteiger partial charge in [0.2, 0.25) is 5.78 Å². The largest absolute Gasteiger partial charge is 0.304 e. The Bertz CT molecular complexity index is 433. The van der Waals surface area contributed by atoms with Crippen LogP contribution in [0.25, 0.3) is 0 Å². The summed E-state index contributed by atoms with van der Waals surface area (Å²) >= 11 is 0. The highest BCUT2D eigenvalue weighted by Crippen LogP contribution is 2.33. The van der Waals surface area contributed by atoms with Crippen LogP contribution in [0.15, 0.2) is 30.3 Å². The van der Waals surface area contributed by atoms with Crippen LogP contribution >= 0.6 is 0 Å². The standard InChI is InChI=1S/C14H18N2O2/c1-2-14(11-6-4-3-5-7-11)9-15-10-16-13(14)12(18)8-17/h3-8,13,15-16H,2,9-10H2,1H3. The number of hydrogen-bond donors (Lipinski definition) is 2. The van der Waals surface area contributed by atoms with Crippen molar-refractivity contribution in [3.05, 3.63) is 35.9 Å². The molecule has 0 bridgehead atoms. The number of hydrogen-bond acceptors (Lipinski definition) is 4. The number of carbonyl (C=O) groups excluding carboxylic acids is 2. The van der Waals surface area contributed by atoms with Crippen molar-refractivity contribution in [1.29, 1.82) is 0 Å². The molecule has 0 spiro atoms. The van der Waals surface area contributed by atoms with Crippen molar-refractivity contribution in [2.24, 2.45) is 0 Å². The Balaban J connectivity index is 2.44. The fraction of sp³-hybridized carbons (Fsp3) is 0.429. The molecule has 2 N–H and O–H groups in total. The van der Waals surface area contributed by atoms with E-state index in [0.717, 1.165) is 12.0 Å². The van der Waals surface area contributed by atoms with E-state index < -0.39 is 6.04 Å². The van der Waals surface area contributed by atoms with Gasteiger partial charge in [0.1, 0.15) is 0 Å². The third-order valence-electron chi connectivity index (χ3n) is 3.80. The van der Waals surface area contributed by atoms with Crippen molar-refractivity contribution in [3.8, 4) is 0 Å². The van der Waals surface area contributed by atoms with Crippen LogP contribution in [0.1, 0.15) is 18.9 Å². The molecule has 1 fully saturated rings. The van der Waals surface area contributed by atoms with Crippen molar-refractivity contribution >= 4 is 12.1 Å². The number of Topliss-reactive ketones (excluding diaryl/α,β-unsaturated/α-hetero) is 1.